The van der Waals surface area contributed by atoms with Gasteiger partial charge in [-0.1, -0.05) is 29.8 Å². The number of hydrogen-bond donors (Lipinski definition) is 0. The molecule has 0 saturated carbocycles. The Labute approximate surface area is 120 Å². The molecule has 1 aliphatic heterocycles. The van der Waals surface area contributed by atoms with E-state index in [1.54, 1.807) is 11.8 Å². The lowest BCUT2D eigenvalue weighted by atomic mass is 10.1. The molecule has 0 bridgehead atoms. The summed E-state index contributed by atoms with van der Waals surface area (Å²) in [7, 11) is 4.08. The Kier molecular flexibility index (Phi) is 4.53. The first-order chi connectivity index (χ1) is 8.99. The van der Waals surface area contributed by atoms with Crippen molar-refractivity contribution in [2.24, 2.45) is 0 Å². The Balaban J connectivity index is 2.17. The largest absolute Gasteiger partial charge is 0.324 e. The molecule has 1 aromatic rings. The highest BCUT2D eigenvalue weighted by Crippen LogP contribution is 2.42. The van der Waals surface area contributed by atoms with Crippen molar-refractivity contribution in [2.45, 2.75) is 24.5 Å². The number of benzene rings is 1. The molecule has 1 heterocycles. The molecule has 0 aromatic heterocycles. The van der Waals surface area contributed by atoms with Crippen LogP contribution >= 0.6 is 11.8 Å². The molecular formula is C15H22N2OS. The van der Waals surface area contributed by atoms with Crippen molar-refractivity contribution in [2.75, 3.05) is 27.2 Å². The molecule has 2 atom stereocenters. The van der Waals surface area contributed by atoms with Crippen molar-refractivity contribution in [3.63, 3.8) is 0 Å². The van der Waals surface area contributed by atoms with E-state index in [0.29, 0.717) is 0 Å². The Bertz CT molecular complexity index is 444. The summed E-state index contributed by atoms with van der Waals surface area (Å²) in [6.45, 7) is 5.79. The van der Waals surface area contributed by atoms with Crippen molar-refractivity contribution >= 4 is 17.7 Å². The summed E-state index contributed by atoms with van der Waals surface area (Å²) < 4.78 is 0. The van der Waals surface area contributed by atoms with Crippen LogP contribution in [-0.4, -0.2) is 48.1 Å². The second kappa shape index (κ2) is 5.97. The zero-order valence-electron chi connectivity index (χ0n) is 12.1. The average Bonchev–Trinajstić information content (AvgIpc) is 2.64. The van der Waals surface area contributed by atoms with Crippen LogP contribution in [0.25, 0.3) is 0 Å². The van der Waals surface area contributed by atoms with Crippen molar-refractivity contribution in [1.29, 1.82) is 0 Å². The number of rotatable bonds is 4. The van der Waals surface area contributed by atoms with Gasteiger partial charge in [-0.05, 0) is 33.5 Å². The van der Waals surface area contributed by atoms with Crippen molar-refractivity contribution in [3.05, 3.63) is 35.4 Å². The van der Waals surface area contributed by atoms with E-state index in [2.05, 4.69) is 36.1 Å². The normalized spacial score (nSPS) is 23.4. The minimum absolute atomic E-state index is 0.0634. The predicted octanol–water partition coefficient (Wildman–Crippen LogP) is 2.52. The maximum atomic E-state index is 12.3. The summed E-state index contributed by atoms with van der Waals surface area (Å²) in [5.74, 6) is 0.262. The second-order valence-electron chi connectivity index (χ2n) is 5.38. The molecule has 1 saturated heterocycles. The zero-order valence-corrected chi connectivity index (χ0v) is 12.9. The van der Waals surface area contributed by atoms with Gasteiger partial charge < -0.3 is 9.80 Å². The number of aryl methyl sites for hydroxylation is 1. The maximum Gasteiger partial charge on any atom is 0.236 e. The molecule has 1 amide bonds. The third kappa shape index (κ3) is 3.31. The van der Waals surface area contributed by atoms with Crippen LogP contribution in [0, 0.1) is 6.92 Å². The van der Waals surface area contributed by atoms with Gasteiger partial charge in [0.15, 0.2) is 0 Å². The molecule has 1 fully saturated rings. The number of likely N-dealkylation sites (N-methyl/N-ethyl adjacent to an activating group) is 1. The number of amides is 1. The quantitative estimate of drug-likeness (QED) is 0.845. The fraction of sp³-hybridized carbons (Fsp3) is 0.533. The number of carbonyl (C=O) groups excluding carboxylic acids is 1. The van der Waals surface area contributed by atoms with E-state index in [1.807, 2.05) is 25.9 Å². The molecule has 0 radical (unpaired) electrons. The monoisotopic (exact) mass is 278 g/mol. The van der Waals surface area contributed by atoms with Crippen LogP contribution in [-0.2, 0) is 4.79 Å². The SMILES string of the molecule is Cc1ccc([C@H]2S[C@H](C)C(=O)N2CCN(C)C)cc1. The highest BCUT2D eigenvalue weighted by molar-refractivity contribution is 8.01. The second-order valence-corrected chi connectivity index (χ2v) is 6.80. The van der Waals surface area contributed by atoms with E-state index >= 15 is 0 Å². The molecule has 0 N–H and O–H groups in total. The minimum atomic E-state index is 0.0634. The lowest BCUT2D eigenvalue weighted by Crippen LogP contribution is -2.36. The van der Waals surface area contributed by atoms with Crippen molar-refractivity contribution < 1.29 is 4.79 Å². The molecule has 1 aromatic carbocycles. The van der Waals surface area contributed by atoms with E-state index < -0.39 is 0 Å². The van der Waals surface area contributed by atoms with E-state index in [-0.39, 0.29) is 16.5 Å². The fourth-order valence-electron chi connectivity index (χ4n) is 2.20. The van der Waals surface area contributed by atoms with Crippen LogP contribution in [0.2, 0.25) is 0 Å². The van der Waals surface area contributed by atoms with Gasteiger partial charge in [0.25, 0.3) is 0 Å². The average molecular weight is 278 g/mol. The lowest BCUT2D eigenvalue weighted by molar-refractivity contribution is -0.129. The molecule has 19 heavy (non-hydrogen) atoms. The third-order valence-corrected chi connectivity index (χ3v) is 4.79. The Morgan fingerprint density at radius 1 is 1.26 bits per heavy atom. The molecule has 0 aliphatic carbocycles. The summed E-state index contributed by atoms with van der Waals surface area (Å²) in [6.07, 6.45) is 0. The van der Waals surface area contributed by atoms with Gasteiger partial charge in [-0.2, -0.15) is 0 Å². The molecule has 2 rings (SSSR count). The van der Waals surface area contributed by atoms with Gasteiger partial charge in [-0.25, -0.2) is 0 Å². The molecule has 3 nitrogen and oxygen atoms in total. The fourth-order valence-corrected chi connectivity index (χ4v) is 3.51. The van der Waals surface area contributed by atoms with E-state index in [4.69, 9.17) is 0 Å². The van der Waals surface area contributed by atoms with Gasteiger partial charge in [0.05, 0.1) is 5.25 Å². The molecule has 0 spiro atoms. The number of hydrogen-bond acceptors (Lipinski definition) is 3. The van der Waals surface area contributed by atoms with E-state index in [9.17, 15) is 4.79 Å². The highest BCUT2D eigenvalue weighted by Gasteiger charge is 2.37. The summed E-state index contributed by atoms with van der Waals surface area (Å²) in [5, 5.41) is 0.233. The van der Waals surface area contributed by atoms with Crippen LogP contribution in [0.4, 0.5) is 0 Å². The number of carbonyl (C=O) groups is 1. The van der Waals surface area contributed by atoms with Gasteiger partial charge in [-0.3, -0.25) is 4.79 Å². The van der Waals surface area contributed by atoms with Crippen LogP contribution in [0.3, 0.4) is 0 Å². The summed E-state index contributed by atoms with van der Waals surface area (Å²) in [5.41, 5.74) is 2.48. The zero-order chi connectivity index (χ0) is 14.0. The molecule has 0 unspecified atom stereocenters. The summed E-state index contributed by atoms with van der Waals surface area (Å²) in [4.78, 5) is 16.4. The van der Waals surface area contributed by atoms with Gasteiger partial charge in [0, 0.05) is 13.1 Å². The molecule has 1 aliphatic rings. The van der Waals surface area contributed by atoms with Crippen molar-refractivity contribution in [3.8, 4) is 0 Å². The topological polar surface area (TPSA) is 23.6 Å². The van der Waals surface area contributed by atoms with E-state index in [0.717, 1.165) is 13.1 Å². The van der Waals surface area contributed by atoms with Gasteiger partial charge in [0.2, 0.25) is 5.91 Å². The first-order valence-corrected chi connectivity index (χ1v) is 7.60. The minimum Gasteiger partial charge on any atom is -0.324 e. The maximum absolute atomic E-state index is 12.3. The first kappa shape index (κ1) is 14.4. The van der Waals surface area contributed by atoms with Gasteiger partial charge in [-0.15, -0.1) is 11.8 Å². The van der Waals surface area contributed by atoms with Gasteiger partial charge >= 0.3 is 0 Å². The molecule has 4 heteroatoms. The highest BCUT2D eigenvalue weighted by atomic mass is 32.2. The first-order valence-electron chi connectivity index (χ1n) is 6.66. The molecular weight excluding hydrogens is 256 g/mol. The summed E-state index contributed by atoms with van der Waals surface area (Å²) >= 11 is 1.75. The van der Waals surface area contributed by atoms with Crippen LogP contribution in [0.15, 0.2) is 24.3 Å². The van der Waals surface area contributed by atoms with Crippen LogP contribution < -0.4 is 0 Å². The van der Waals surface area contributed by atoms with Crippen LogP contribution in [0.1, 0.15) is 23.4 Å². The predicted molar refractivity (Wildman–Crippen MR) is 81.2 cm³/mol. The standard InChI is InChI=1S/C15H22N2OS/c1-11-5-7-13(8-6-11)15-17(10-9-16(3)4)14(18)12(2)19-15/h5-8,12,15H,9-10H2,1-4H3/t12-,15-/m1/s1. The lowest BCUT2D eigenvalue weighted by Gasteiger charge is -2.25. The number of nitrogens with zero attached hydrogens (tertiary/aromatic N) is 2. The Hall–Kier alpha value is -1.00. The Morgan fingerprint density at radius 2 is 1.89 bits per heavy atom. The number of thioether (sulfide) groups is 1. The summed E-state index contributed by atoms with van der Waals surface area (Å²) in [6, 6.07) is 8.52. The third-order valence-electron chi connectivity index (χ3n) is 3.40. The van der Waals surface area contributed by atoms with Gasteiger partial charge in [0.1, 0.15) is 5.37 Å². The van der Waals surface area contributed by atoms with E-state index in [1.165, 1.54) is 11.1 Å². The Morgan fingerprint density at radius 3 is 2.47 bits per heavy atom. The smallest absolute Gasteiger partial charge is 0.236 e. The van der Waals surface area contributed by atoms with Crippen molar-refractivity contribution in [1.82, 2.24) is 9.80 Å². The molecule has 104 valence electrons. The van der Waals surface area contributed by atoms with Crippen LogP contribution in [0.5, 0.6) is 0 Å².